The van der Waals surface area contributed by atoms with E-state index in [4.69, 9.17) is 14.2 Å². The van der Waals surface area contributed by atoms with Crippen molar-refractivity contribution in [1.29, 1.82) is 0 Å². The van der Waals surface area contributed by atoms with E-state index in [0.29, 0.717) is 42.6 Å². The molecule has 0 fully saturated rings. The van der Waals surface area contributed by atoms with Crippen molar-refractivity contribution in [3.05, 3.63) is 88.5 Å². The molecule has 0 spiro atoms. The zero-order chi connectivity index (χ0) is 28.4. The molecule has 0 aromatic heterocycles. The van der Waals surface area contributed by atoms with Gasteiger partial charge in [0.15, 0.2) is 0 Å². The molecule has 1 unspecified atom stereocenters. The summed E-state index contributed by atoms with van der Waals surface area (Å²) in [6, 6.07) is 19.6. The average molecular weight is 532 g/mol. The number of para-hydroxylation sites is 1. The summed E-state index contributed by atoms with van der Waals surface area (Å²) in [5.41, 5.74) is 5.45. The smallest absolute Gasteiger partial charge is 0.305 e. The Balaban J connectivity index is 1.64. The van der Waals surface area contributed by atoms with Crippen LogP contribution in [-0.2, 0) is 16.0 Å². The second-order valence-corrected chi connectivity index (χ2v) is 10.2. The number of nitrogens with one attached hydrogen (secondary N) is 1. The molecule has 0 radical (unpaired) electrons. The summed E-state index contributed by atoms with van der Waals surface area (Å²) in [5, 5.41) is 2.99. The lowest BCUT2D eigenvalue weighted by Gasteiger charge is -2.20. The predicted molar refractivity (Wildman–Crippen MR) is 156 cm³/mol. The molecule has 6 nitrogen and oxygen atoms in total. The maximum atomic E-state index is 13.1. The Morgan fingerprint density at radius 1 is 0.923 bits per heavy atom. The van der Waals surface area contributed by atoms with Crippen LogP contribution in [0, 0.1) is 19.8 Å². The summed E-state index contributed by atoms with van der Waals surface area (Å²) >= 11 is 0. The minimum absolute atomic E-state index is 0.108. The number of esters is 1. The third-order valence-corrected chi connectivity index (χ3v) is 6.33. The van der Waals surface area contributed by atoms with Gasteiger partial charge in [-0.15, -0.1) is 0 Å². The van der Waals surface area contributed by atoms with Crippen molar-refractivity contribution in [2.24, 2.45) is 5.92 Å². The van der Waals surface area contributed by atoms with E-state index in [9.17, 15) is 9.59 Å². The van der Waals surface area contributed by atoms with Crippen LogP contribution in [0.25, 0.3) is 0 Å². The van der Waals surface area contributed by atoms with E-state index >= 15 is 0 Å². The van der Waals surface area contributed by atoms with Gasteiger partial charge in [-0.1, -0.05) is 50.2 Å². The summed E-state index contributed by atoms with van der Waals surface area (Å²) in [4.78, 5) is 24.7. The van der Waals surface area contributed by atoms with Gasteiger partial charge in [0.25, 0.3) is 5.91 Å². The van der Waals surface area contributed by atoms with E-state index in [1.54, 1.807) is 25.1 Å². The number of carbonyl (C=O) groups is 2. The molecule has 208 valence electrons. The van der Waals surface area contributed by atoms with E-state index in [0.717, 1.165) is 28.9 Å². The average Bonchev–Trinajstić information content (AvgIpc) is 2.89. The van der Waals surface area contributed by atoms with Gasteiger partial charge in [0, 0.05) is 12.1 Å². The van der Waals surface area contributed by atoms with Gasteiger partial charge in [-0.3, -0.25) is 9.59 Å². The van der Waals surface area contributed by atoms with E-state index in [1.165, 1.54) is 5.56 Å². The topological polar surface area (TPSA) is 73.9 Å². The molecule has 3 aromatic carbocycles. The van der Waals surface area contributed by atoms with Gasteiger partial charge >= 0.3 is 5.97 Å². The number of amides is 1. The highest BCUT2D eigenvalue weighted by atomic mass is 16.5. The standard InChI is InChI=1S/C33H41NO5/c1-7-37-31(35)13-10-18-38-30-12-9-8-11-29(30)33(36)34-28-20-23(4)32(24(5)21-28)39-25(6)27-16-14-26(15-17-27)19-22(2)3/h8-9,11-12,14-17,20-22,25H,7,10,13,18-19H2,1-6H3,(H,34,36). The summed E-state index contributed by atoms with van der Waals surface area (Å²) < 4.78 is 17.1. The number of benzene rings is 3. The number of anilines is 1. The van der Waals surface area contributed by atoms with Crippen molar-refractivity contribution in [1.82, 2.24) is 0 Å². The molecule has 0 heterocycles. The fraction of sp³-hybridized carbons (Fsp3) is 0.394. The van der Waals surface area contributed by atoms with Crippen LogP contribution in [0.1, 0.15) is 79.3 Å². The quantitative estimate of drug-likeness (QED) is 0.181. The minimum Gasteiger partial charge on any atom is -0.493 e. The normalized spacial score (nSPS) is 11.7. The Bertz CT molecular complexity index is 1230. The van der Waals surface area contributed by atoms with Crippen LogP contribution in [0.4, 0.5) is 5.69 Å². The Morgan fingerprint density at radius 3 is 2.23 bits per heavy atom. The highest BCUT2D eigenvalue weighted by molar-refractivity contribution is 6.06. The Hall–Kier alpha value is -3.80. The maximum Gasteiger partial charge on any atom is 0.305 e. The highest BCUT2D eigenvalue weighted by Gasteiger charge is 2.16. The van der Waals surface area contributed by atoms with Crippen molar-refractivity contribution in [3.63, 3.8) is 0 Å². The third-order valence-electron chi connectivity index (χ3n) is 6.33. The molecule has 0 saturated carbocycles. The molecule has 0 aliphatic rings. The molecule has 0 aliphatic heterocycles. The molecule has 1 amide bonds. The predicted octanol–water partition coefficient (Wildman–Crippen LogP) is 7.62. The lowest BCUT2D eigenvalue weighted by Crippen LogP contribution is -2.15. The van der Waals surface area contributed by atoms with Crippen LogP contribution in [0.3, 0.4) is 0 Å². The van der Waals surface area contributed by atoms with Gasteiger partial charge in [0.1, 0.15) is 17.6 Å². The van der Waals surface area contributed by atoms with E-state index in [2.05, 4.69) is 50.4 Å². The second-order valence-electron chi connectivity index (χ2n) is 10.2. The second kappa shape index (κ2) is 14.4. The van der Waals surface area contributed by atoms with Gasteiger partial charge < -0.3 is 19.5 Å². The van der Waals surface area contributed by atoms with Gasteiger partial charge in [-0.05, 0) is 93.0 Å². The van der Waals surface area contributed by atoms with Crippen LogP contribution in [0.15, 0.2) is 60.7 Å². The monoisotopic (exact) mass is 531 g/mol. The van der Waals surface area contributed by atoms with E-state index in [1.807, 2.05) is 32.0 Å². The minimum atomic E-state index is -0.265. The van der Waals surface area contributed by atoms with Gasteiger partial charge in [-0.25, -0.2) is 0 Å². The molecular formula is C33H41NO5. The number of aryl methyl sites for hydroxylation is 2. The van der Waals surface area contributed by atoms with Crippen LogP contribution in [0.5, 0.6) is 11.5 Å². The molecule has 3 aromatic rings. The molecule has 0 aliphatic carbocycles. The first kappa shape index (κ1) is 29.8. The van der Waals surface area contributed by atoms with Crippen molar-refractivity contribution in [2.75, 3.05) is 18.5 Å². The first-order chi connectivity index (χ1) is 18.7. The number of hydrogen-bond acceptors (Lipinski definition) is 5. The lowest BCUT2D eigenvalue weighted by atomic mass is 10.0. The third kappa shape index (κ3) is 8.88. The molecule has 1 atom stereocenters. The maximum absolute atomic E-state index is 13.1. The van der Waals surface area contributed by atoms with E-state index in [-0.39, 0.29) is 24.4 Å². The molecule has 3 rings (SSSR count). The van der Waals surface area contributed by atoms with Gasteiger partial charge in [-0.2, -0.15) is 0 Å². The summed E-state index contributed by atoms with van der Waals surface area (Å²) in [6.45, 7) is 12.9. The molecule has 1 N–H and O–H groups in total. The van der Waals surface area contributed by atoms with Crippen molar-refractivity contribution < 1.29 is 23.8 Å². The SMILES string of the molecule is CCOC(=O)CCCOc1ccccc1C(=O)Nc1cc(C)c(OC(C)c2ccc(CC(C)C)cc2)c(C)c1. The molecule has 6 heteroatoms. The first-order valence-electron chi connectivity index (χ1n) is 13.7. The molecule has 0 saturated heterocycles. The fourth-order valence-electron chi connectivity index (χ4n) is 4.46. The summed E-state index contributed by atoms with van der Waals surface area (Å²) in [5.74, 6) is 1.40. The highest BCUT2D eigenvalue weighted by Crippen LogP contribution is 2.32. The lowest BCUT2D eigenvalue weighted by molar-refractivity contribution is -0.143. The molecule has 39 heavy (non-hydrogen) atoms. The van der Waals surface area contributed by atoms with Crippen molar-refractivity contribution in [2.45, 2.75) is 66.9 Å². The number of carbonyl (C=O) groups excluding carboxylic acids is 2. The van der Waals surface area contributed by atoms with Gasteiger partial charge in [0.2, 0.25) is 0 Å². The van der Waals surface area contributed by atoms with E-state index < -0.39 is 0 Å². The molecule has 0 bridgehead atoms. The molecular weight excluding hydrogens is 490 g/mol. The largest absolute Gasteiger partial charge is 0.493 e. The zero-order valence-corrected chi connectivity index (χ0v) is 24.0. The summed E-state index contributed by atoms with van der Waals surface area (Å²) in [6.07, 6.45) is 1.74. The fourth-order valence-corrected chi connectivity index (χ4v) is 4.46. The number of hydrogen-bond donors (Lipinski definition) is 1. The Morgan fingerprint density at radius 2 is 1.59 bits per heavy atom. The van der Waals surface area contributed by atoms with Crippen LogP contribution >= 0.6 is 0 Å². The van der Waals surface area contributed by atoms with Crippen LogP contribution in [0.2, 0.25) is 0 Å². The van der Waals surface area contributed by atoms with Crippen LogP contribution in [-0.4, -0.2) is 25.1 Å². The number of ether oxygens (including phenoxy) is 3. The Labute approximate surface area is 232 Å². The number of rotatable bonds is 13. The first-order valence-corrected chi connectivity index (χ1v) is 13.7. The Kier molecular flexibility index (Phi) is 11.0. The van der Waals surface area contributed by atoms with Crippen molar-refractivity contribution >= 4 is 17.6 Å². The zero-order valence-electron chi connectivity index (χ0n) is 24.0. The summed E-state index contributed by atoms with van der Waals surface area (Å²) in [7, 11) is 0. The van der Waals surface area contributed by atoms with Crippen molar-refractivity contribution in [3.8, 4) is 11.5 Å². The van der Waals surface area contributed by atoms with Gasteiger partial charge in [0.05, 0.1) is 18.8 Å². The van der Waals surface area contributed by atoms with Crippen LogP contribution < -0.4 is 14.8 Å².